The van der Waals surface area contributed by atoms with Crippen molar-refractivity contribution in [3.8, 4) is 11.5 Å². The summed E-state index contributed by atoms with van der Waals surface area (Å²) in [5.41, 5.74) is 11.2. The van der Waals surface area contributed by atoms with Crippen LogP contribution in [0.1, 0.15) is 11.1 Å². The van der Waals surface area contributed by atoms with E-state index >= 15 is 0 Å². The summed E-state index contributed by atoms with van der Waals surface area (Å²) in [5.74, 6) is 1.51. The Morgan fingerprint density at radius 2 is 1.50 bits per heavy atom. The second-order valence-corrected chi connectivity index (χ2v) is 5.64. The zero-order valence-electron chi connectivity index (χ0n) is 13.0. The molecule has 0 bridgehead atoms. The molecule has 2 aromatic carbocycles. The van der Waals surface area contributed by atoms with E-state index < -0.39 is 0 Å². The van der Waals surface area contributed by atoms with Crippen molar-refractivity contribution in [3.63, 3.8) is 0 Å². The van der Waals surface area contributed by atoms with Gasteiger partial charge in [-0.25, -0.2) is 0 Å². The molecular formula is C20H16N2O2. The monoisotopic (exact) mass is 316 g/mol. The van der Waals surface area contributed by atoms with Crippen LogP contribution in [0, 0.1) is 5.41 Å². The van der Waals surface area contributed by atoms with Crippen molar-refractivity contribution >= 4 is 17.0 Å². The quantitative estimate of drug-likeness (QED) is 0.824. The number of allylic oxidation sites excluding steroid dienone is 5. The molecule has 0 spiro atoms. The molecule has 0 unspecified atom stereocenters. The molecule has 3 N–H and O–H groups in total. The molecule has 24 heavy (non-hydrogen) atoms. The summed E-state index contributed by atoms with van der Waals surface area (Å²) in [5, 5.41) is 7.71. The van der Waals surface area contributed by atoms with E-state index in [1.165, 1.54) is 0 Å². The molecule has 0 amide bonds. The average molecular weight is 316 g/mol. The van der Waals surface area contributed by atoms with E-state index in [9.17, 15) is 0 Å². The molecule has 0 saturated carbocycles. The van der Waals surface area contributed by atoms with Crippen LogP contribution in [0.2, 0.25) is 0 Å². The Hall–Kier alpha value is -3.27. The second kappa shape index (κ2) is 5.74. The van der Waals surface area contributed by atoms with Gasteiger partial charge in [0.2, 0.25) is 6.79 Å². The van der Waals surface area contributed by atoms with Gasteiger partial charge in [0.1, 0.15) is 0 Å². The largest absolute Gasteiger partial charge is 0.454 e. The molecule has 2 aliphatic rings. The number of hydrogen-bond acceptors (Lipinski definition) is 4. The smallest absolute Gasteiger partial charge is 0.231 e. The Bertz CT molecular complexity index is 888. The number of rotatable bonds is 2. The molecule has 2 aromatic rings. The number of fused-ring (bicyclic) bond motifs is 1. The topological polar surface area (TPSA) is 68.3 Å². The molecule has 118 valence electrons. The number of ether oxygens (including phenoxy) is 2. The zero-order chi connectivity index (χ0) is 16.5. The van der Waals surface area contributed by atoms with Crippen LogP contribution in [0.4, 0.5) is 5.69 Å². The molecule has 1 aliphatic heterocycles. The Labute approximate surface area is 140 Å². The van der Waals surface area contributed by atoms with Gasteiger partial charge in [-0.05, 0) is 58.7 Å². The zero-order valence-corrected chi connectivity index (χ0v) is 13.0. The van der Waals surface area contributed by atoms with E-state index in [0.29, 0.717) is 5.71 Å². The van der Waals surface area contributed by atoms with Gasteiger partial charge < -0.3 is 20.6 Å². The molecule has 0 fully saturated rings. The van der Waals surface area contributed by atoms with Crippen LogP contribution in [-0.4, -0.2) is 12.5 Å². The van der Waals surface area contributed by atoms with Crippen LogP contribution in [-0.2, 0) is 0 Å². The first-order chi connectivity index (χ1) is 11.7. The van der Waals surface area contributed by atoms with Crippen molar-refractivity contribution in [2.75, 3.05) is 12.5 Å². The van der Waals surface area contributed by atoms with Crippen molar-refractivity contribution < 1.29 is 9.47 Å². The highest BCUT2D eigenvalue weighted by atomic mass is 16.7. The third-order valence-electron chi connectivity index (χ3n) is 4.03. The van der Waals surface area contributed by atoms with Gasteiger partial charge in [0.15, 0.2) is 11.5 Å². The Kier molecular flexibility index (Phi) is 3.43. The normalized spacial score (nSPS) is 15.0. The lowest BCUT2D eigenvalue weighted by molar-refractivity contribution is 0.174. The van der Waals surface area contributed by atoms with Crippen LogP contribution in [0.25, 0.3) is 5.57 Å². The first-order valence-electron chi connectivity index (χ1n) is 7.66. The van der Waals surface area contributed by atoms with Gasteiger partial charge in [-0.15, -0.1) is 0 Å². The van der Waals surface area contributed by atoms with Crippen molar-refractivity contribution in [1.82, 2.24) is 0 Å². The highest BCUT2D eigenvalue weighted by Gasteiger charge is 2.17. The molecule has 0 aromatic heterocycles. The summed E-state index contributed by atoms with van der Waals surface area (Å²) in [4.78, 5) is 0. The van der Waals surface area contributed by atoms with E-state index in [2.05, 4.69) is 0 Å². The maximum absolute atomic E-state index is 7.71. The van der Waals surface area contributed by atoms with E-state index in [1.807, 2.05) is 54.6 Å². The molecular weight excluding hydrogens is 300 g/mol. The summed E-state index contributed by atoms with van der Waals surface area (Å²) in [7, 11) is 0. The maximum atomic E-state index is 7.71. The Morgan fingerprint density at radius 1 is 0.833 bits per heavy atom. The van der Waals surface area contributed by atoms with Crippen LogP contribution < -0.4 is 15.2 Å². The fourth-order valence-corrected chi connectivity index (χ4v) is 2.84. The van der Waals surface area contributed by atoms with E-state index in [0.717, 1.165) is 39.5 Å². The van der Waals surface area contributed by atoms with E-state index in [4.69, 9.17) is 20.6 Å². The molecule has 0 radical (unpaired) electrons. The highest BCUT2D eigenvalue weighted by molar-refractivity contribution is 6.05. The third kappa shape index (κ3) is 2.58. The molecule has 4 rings (SSSR count). The number of nitrogens with one attached hydrogen (secondary N) is 1. The van der Waals surface area contributed by atoms with Gasteiger partial charge >= 0.3 is 0 Å². The summed E-state index contributed by atoms with van der Waals surface area (Å²) < 4.78 is 10.9. The third-order valence-corrected chi connectivity index (χ3v) is 4.03. The van der Waals surface area contributed by atoms with E-state index in [-0.39, 0.29) is 6.79 Å². The minimum absolute atomic E-state index is 0.254. The molecule has 4 heteroatoms. The van der Waals surface area contributed by atoms with Gasteiger partial charge in [-0.1, -0.05) is 30.4 Å². The van der Waals surface area contributed by atoms with Gasteiger partial charge in [-0.3, -0.25) is 0 Å². The second-order valence-electron chi connectivity index (χ2n) is 5.64. The van der Waals surface area contributed by atoms with Crippen molar-refractivity contribution in [1.29, 1.82) is 5.41 Å². The standard InChI is InChI=1S/C20H16N2O2/c21-16-6-1-13(2-7-16)20(14-3-8-17(22)9-4-14)15-5-10-18-19(11-15)24-12-23-18/h1-11,21H,12,22H2. The van der Waals surface area contributed by atoms with Gasteiger partial charge in [-0.2, -0.15) is 0 Å². The molecule has 1 heterocycles. The number of nitrogen functional groups attached to an aromatic ring is 1. The van der Waals surface area contributed by atoms with Crippen molar-refractivity contribution in [2.24, 2.45) is 0 Å². The molecule has 0 atom stereocenters. The summed E-state index contributed by atoms with van der Waals surface area (Å²) >= 11 is 0. The number of benzene rings is 2. The van der Waals surface area contributed by atoms with Crippen molar-refractivity contribution in [2.45, 2.75) is 0 Å². The summed E-state index contributed by atoms with van der Waals surface area (Å²) in [6.45, 7) is 0.254. The van der Waals surface area contributed by atoms with E-state index in [1.54, 1.807) is 12.2 Å². The molecule has 4 nitrogen and oxygen atoms in total. The lowest BCUT2D eigenvalue weighted by Gasteiger charge is -2.14. The number of anilines is 1. The van der Waals surface area contributed by atoms with Crippen LogP contribution in [0.3, 0.4) is 0 Å². The van der Waals surface area contributed by atoms with Gasteiger partial charge in [0, 0.05) is 5.69 Å². The first-order valence-corrected chi connectivity index (χ1v) is 7.66. The maximum Gasteiger partial charge on any atom is 0.231 e. The van der Waals surface area contributed by atoms with Crippen molar-refractivity contribution in [3.05, 3.63) is 83.5 Å². The van der Waals surface area contributed by atoms with Crippen LogP contribution in [0.5, 0.6) is 11.5 Å². The Morgan fingerprint density at radius 3 is 2.25 bits per heavy atom. The fraction of sp³-hybridized carbons (Fsp3) is 0.0500. The summed E-state index contributed by atoms with van der Waals surface area (Å²) in [6, 6.07) is 13.7. The fourth-order valence-electron chi connectivity index (χ4n) is 2.84. The van der Waals surface area contributed by atoms with Crippen LogP contribution >= 0.6 is 0 Å². The first kappa shape index (κ1) is 14.3. The average Bonchev–Trinajstić information content (AvgIpc) is 3.06. The lowest BCUT2D eigenvalue weighted by Crippen LogP contribution is -1.97. The lowest BCUT2D eigenvalue weighted by atomic mass is 9.90. The number of hydrogen-bond donors (Lipinski definition) is 2. The predicted molar refractivity (Wildman–Crippen MR) is 95.4 cm³/mol. The molecule has 0 saturated heterocycles. The van der Waals surface area contributed by atoms with Crippen LogP contribution in [0.15, 0.2) is 72.3 Å². The molecule has 1 aliphatic carbocycles. The predicted octanol–water partition coefficient (Wildman–Crippen LogP) is 3.95. The Balaban J connectivity index is 1.89. The SMILES string of the molecule is N=C1C=CC(=C(c2ccc(N)cc2)c2ccc3c(c2)OCO3)C=C1. The minimum atomic E-state index is 0.254. The van der Waals surface area contributed by atoms with Gasteiger partial charge in [0.05, 0.1) is 5.71 Å². The summed E-state index contributed by atoms with van der Waals surface area (Å²) in [6.07, 6.45) is 7.50. The number of nitrogens with two attached hydrogens (primary N) is 1. The van der Waals surface area contributed by atoms with Gasteiger partial charge in [0.25, 0.3) is 0 Å². The highest BCUT2D eigenvalue weighted by Crippen LogP contribution is 2.38. The minimum Gasteiger partial charge on any atom is -0.454 e.